The van der Waals surface area contributed by atoms with Crippen LogP contribution in [0.3, 0.4) is 0 Å². The second-order valence-corrected chi connectivity index (χ2v) is 5.20. The molecule has 0 bridgehead atoms. The van der Waals surface area contributed by atoms with Gasteiger partial charge in [0, 0.05) is 12.6 Å². The molecule has 3 rings (SSSR count). The molecule has 90 valence electrons. The van der Waals surface area contributed by atoms with Crippen LogP contribution in [0.1, 0.15) is 29.9 Å². The van der Waals surface area contributed by atoms with Crippen LogP contribution in [0.5, 0.6) is 0 Å². The summed E-state index contributed by atoms with van der Waals surface area (Å²) in [7, 11) is 0. The van der Waals surface area contributed by atoms with Gasteiger partial charge in [-0.25, -0.2) is 0 Å². The second-order valence-electron chi connectivity index (χ2n) is 5.20. The Bertz CT molecular complexity index is 440. The summed E-state index contributed by atoms with van der Waals surface area (Å²) < 4.78 is 0. The second kappa shape index (κ2) is 4.15. The van der Waals surface area contributed by atoms with E-state index in [1.54, 1.807) is 0 Å². The maximum Gasteiger partial charge on any atom is 0.227 e. The Kier molecular flexibility index (Phi) is 2.63. The summed E-state index contributed by atoms with van der Waals surface area (Å²) in [6.45, 7) is 0.627. The third-order valence-corrected chi connectivity index (χ3v) is 3.91. The monoisotopic (exact) mass is 230 g/mol. The predicted molar refractivity (Wildman–Crippen MR) is 66.6 cm³/mol. The third kappa shape index (κ3) is 2.07. The highest BCUT2D eigenvalue weighted by molar-refractivity contribution is 5.86. The molecule has 1 aromatic carbocycles. The van der Waals surface area contributed by atoms with Crippen molar-refractivity contribution in [1.82, 2.24) is 5.32 Å². The number of amides is 1. The molecule has 2 unspecified atom stereocenters. The number of fused-ring (bicyclic) bond motifs is 1. The lowest BCUT2D eigenvalue weighted by molar-refractivity contribution is -0.123. The summed E-state index contributed by atoms with van der Waals surface area (Å²) in [5.74, 6) is 0.835. The van der Waals surface area contributed by atoms with Gasteiger partial charge in [-0.1, -0.05) is 24.3 Å². The van der Waals surface area contributed by atoms with E-state index in [1.807, 2.05) is 18.2 Å². The first-order valence-corrected chi connectivity index (χ1v) is 6.37. The molecular formula is C14H18N2O. The van der Waals surface area contributed by atoms with Gasteiger partial charge in [0.25, 0.3) is 0 Å². The zero-order chi connectivity index (χ0) is 11.8. The first kappa shape index (κ1) is 10.8. The van der Waals surface area contributed by atoms with Crippen molar-refractivity contribution in [3.63, 3.8) is 0 Å². The summed E-state index contributed by atoms with van der Waals surface area (Å²) in [4.78, 5) is 12.0. The van der Waals surface area contributed by atoms with Crippen LogP contribution in [0.15, 0.2) is 24.3 Å². The van der Waals surface area contributed by atoms with E-state index < -0.39 is 0 Å². The summed E-state index contributed by atoms with van der Waals surface area (Å²) in [5, 5.41) is 2.98. The maximum atomic E-state index is 12.0. The molecule has 0 saturated heterocycles. The Balaban J connectivity index is 1.54. The Labute approximate surface area is 101 Å². The molecule has 0 aromatic heterocycles. The summed E-state index contributed by atoms with van der Waals surface area (Å²) in [6, 6.07) is 8.30. The molecule has 3 nitrogen and oxygen atoms in total. The maximum absolute atomic E-state index is 12.0. The Morgan fingerprint density at radius 2 is 2.18 bits per heavy atom. The quantitative estimate of drug-likeness (QED) is 0.816. The fourth-order valence-corrected chi connectivity index (χ4v) is 2.53. The van der Waals surface area contributed by atoms with Gasteiger partial charge in [-0.05, 0) is 36.3 Å². The predicted octanol–water partition coefficient (Wildman–Crippen LogP) is 1.18. The molecule has 1 saturated carbocycles. The van der Waals surface area contributed by atoms with Crippen molar-refractivity contribution in [3.8, 4) is 0 Å². The zero-order valence-electron chi connectivity index (χ0n) is 9.86. The van der Waals surface area contributed by atoms with Crippen molar-refractivity contribution < 1.29 is 4.79 Å². The van der Waals surface area contributed by atoms with E-state index in [2.05, 4.69) is 11.4 Å². The van der Waals surface area contributed by atoms with Crippen LogP contribution in [0.25, 0.3) is 0 Å². The fraction of sp³-hybridized carbons (Fsp3) is 0.500. The van der Waals surface area contributed by atoms with E-state index >= 15 is 0 Å². The van der Waals surface area contributed by atoms with Crippen molar-refractivity contribution >= 4 is 5.91 Å². The Hall–Kier alpha value is -1.35. The number of nitrogens with two attached hydrogens (primary N) is 1. The number of benzene rings is 1. The number of hydrogen-bond acceptors (Lipinski definition) is 2. The Morgan fingerprint density at radius 1 is 1.41 bits per heavy atom. The van der Waals surface area contributed by atoms with Gasteiger partial charge in [0.1, 0.15) is 0 Å². The van der Waals surface area contributed by atoms with Crippen LogP contribution in [0.2, 0.25) is 0 Å². The van der Waals surface area contributed by atoms with Crippen LogP contribution in [-0.4, -0.2) is 18.5 Å². The molecule has 2 aliphatic rings. The molecule has 0 heterocycles. The number of nitrogens with one attached hydrogen (secondary N) is 1. The van der Waals surface area contributed by atoms with Crippen molar-refractivity contribution in [3.05, 3.63) is 35.4 Å². The number of rotatable bonds is 4. The summed E-state index contributed by atoms with van der Waals surface area (Å²) in [5.41, 5.74) is 8.46. The van der Waals surface area contributed by atoms with Crippen molar-refractivity contribution in [2.24, 2.45) is 11.7 Å². The molecule has 17 heavy (non-hydrogen) atoms. The van der Waals surface area contributed by atoms with E-state index in [0.29, 0.717) is 12.5 Å². The number of carbonyl (C=O) groups is 1. The first-order chi connectivity index (χ1) is 8.25. The van der Waals surface area contributed by atoms with Crippen molar-refractivity contribution in [1.29, 1.82) is 0 Å². The van der Waals surface area contributed by atoms with Crippen LogP contribution in [-0.2, 0) is 11.2 Å². The third-order valence-electron chi connectivity index (χ3n) is 3.91. The fourth-order valence-electron chi connectivity index (χ4n) is 2.53. The van der Waals surface area contributed by atoms with Gasteiger partial charge in [-0.3, -0.25) is 4.79 Å². The molecule has 3 N–H and O–H groups in total. The standard InChI is InChI=1S/C14H18N2O/c15-13(9-5-6-9)8-16-14(17)12-7-10-3-1-2-4-11(10)12/h1-4,9,12-13H,5-8,15H2,(H,16,17). The van der Waals surface area contributed by atoms with Gasteiger partial charge in [0.15, 0.2) is 0 Å². The normalized spacial score (nSPS) is 23.5. The van der Waals surface area contributed by atoms with Gasteiger partial charge in [0.2, 0.25) is 5.91 Å². The van der Waals surface area contributed by atoms with Gasteiger partial charge in [0.05, 0.1) is 5.92 Å². The average Bonchev–Trinajstić information content (AvgIpc) is 3.11. The smallest absolute Gasteiger partial charge is 0.227 e. The minimum Gasteiger partial charge on any atom is -0.354 e. The molecule has 1 amide bonds. The highest BCUT2D eigenvalue weighted by Crippen LogP contribution is 2.35. The minimum atomic E-state index is 0.0533. The molecule has 1 fully saturated rings. The van der Waals surface area contributed by atoms with E-state index in [0.717, 1.165) is 6.42 Å². The molecule has 0 aliphatic heterocycles. The summed E-state index contributed by atoms with van der Waals surface area (Å²) in [6.07, 6.45) is 3.33. The number of hydrogen-bond donors (Lipinski definition) is 2. The van der Waals surface area contributed by atoms with Gasteiger partial charge < -0.3 is 11.1 Å². The lowest BCUT2D eigenvalue weighted by atomic mass is 9.77. The van der Waals surface area contributed by atoms with Crippen molar-refractivity contribution in [2.75, 3.05) is 6.54 Å². The van der Waals surface area contributed by atoms with Crippen molar-refractivity contribution in [2.45, 2.75) is 31.2 Å². The van der Waals surface area contributed by atoms with E-state index in [9.17, 15) is 4.79 Å². The van der Waals surface area contributed by atoms with Crippen LogP contribution in [0, 0.1) is 5.92 Å². The molecule has 0 radical (unpaired) electrons. The first-order valence-electron chi connectivity index (χ1n) is 6.37. The van der Waals surface area contributed by atoms with E-state index in [-0.39, 0.29) is 17.9 Å². The summed E-state index contributed by atoms with van der Waals surface area (Å²) >= 11 is 0. The molecule has 1 aromatic rings. The molecule has 3 heteroatoms. The average molecular weight is 230 g/mol. The zero-order valence-corrected chi connectivity index (χ0v) is 9.86. The SMILES string of the molecule is NC(CNC(=O)C1Cc2ccccc21)C1CC1. The highest BCUT2D eigenvalue weighted by atomic mass is 16.1. The van der Waals surface area contributed by atoms with Crippen LogP contribution in [0.4, 0.5) is 0 Å². The largest absolute Gasteiger partial charge is 0.354 e. The van der Waals surface area contributed by atoms with Gasteiger partial charge in [-0.15, -0.1) is 0 Å². The molecular weight excluding hydrogens is 212 g/mol. The highest BCUT2D eigenvalue weighted by Gasteiger charge is 2.33. The van der Waals surface area contributed by atoms with Crippen LogP contribution < -0.4 is 11.1 Å². The lowest BCUT2D eigenvalue weighted by Gasteiger charge is -2.29. The topological polar surface area (TPSA) is 55.1 Å². The van der Waals surface area contributed by atoms with E-state index in [4.69, 9.17) is 5.73 Å². The van der Waals surface area contributed by atoms with Crippen LogP contribution >= 0.6 is 0 Å². The van der Waals surface area contributed by atoms with Gasteiger partial charge in [-0.2, -0.15) is 0 Å². The lowest BCUT2D eigenvalue weighted by Crippen LogP contribution is -2.42. The molecule has 0 spiro atoms. The van der Waals surface area contributed by atoms with Gasteiger partial charge >= 0.3 is 0 Å². The molecule has 2 atom stereocenters. The number of carbonyl (C=O) groups excluding carboxylic acids is 1. The molecule has 2 aliphatic carbocycles. The van der Waals surface area contributed by atoms with E-state index in [1.165, 1.54) is 24.0 Å². The minimum absolute atomic E-state index is 0.0533. The Morgan fingerprint density at radius 3 is 2.88 bits per heavy atom.